The molecule has 1 saturated heterocycles. The minimum Gasteiger partial charge on any atom is -0.475 e. The summed E-state index contributed by atoms with van der Waals surface area (Å²) in [6.45, 7) is 0. The first-order valence-corrected chi connectivity index (χ1v) is 6.15. The lowest BCUT2D eigenvalue weighted by Gasteiger charge is -2.05. The van der Waals surface area contributed by atoms with Crippen LogP contribution in [-0.2, 0) is 9.84 Å². The van der Waals surface area contributed by atoms with E-state index in [1.807, 2.05) is 0 Å². The van der Waals surface area contributed by atoms with E-state index in [1.165, 1.54) is 11.0 Å². The minimum absolute atomic E-state index is 0.00934. The summed E-state index contributed by atoms with van der Waals surface area (Å²) in [5.41, 5.74) is 0. The van der Waals surface area contributed by atoms with Crippen LogP contribution in [0.4, 0.5) is 0 Å². The van der Waals surface area contributed by atoms with Gasteiger partial charge in [-0.3, -0.25) is 0 Å². The molecule has 0 aromatic carbocycles. The highest BCUT2D eigenvalue weighted by Gasteiger charge is 2.30. The van der Waals surface area contributed by atoms with Crippen LogP contribution >= 0.6 is 0 Å². The summed E-state index contributed by atoms with van der Waals surface area (Å²) in [4.78, 5) is 14.1. The summed E-state index contributed by atoms with van der Waals surface area (Å²) in [7, 11) is -2.99. The lowest BCUT2D eigenvalue weighted by molar-refractivity contribution is 0.0683. The Morgan fingerprint density at radius 2 is 2.33 bits per heavy atom. The van der Waals surface area contributed by atoms with Crippen LogP contribution in [0.5, 0.6) is 0 Å². The molecule has 82 valence electrons. The Hall–Kier alpha value is -1.44. The second-order valence-corrected chi connectivity index (χ2v) is 5.64. The number of sulfone groups is 1. The van der Waals surface area contributed by atoms with Gasteiger partial charge in [-0.1, -0.05) is 0 Å². The molecular weight excluding hydrogens is 222 g/mol. The summed E-state index contributed by atoms with van der Waals surface area (Å²) >= 11 is 0. The van der Waals surface area contributed by atoms with Gasteiger partial charge < -0.3 is 5.11 Å². The summed E-state index contributed by atoms with van der Waals surface area (Å²) in [5.74, 6) is -1.39. The predicted octanol–water partition coefficient (Wildman–Crippen LogP) is -0.664. The molecule has 0 bridgehead atoms. The van der Waals surface area contributed by atoms with Gasteiger partial charge in [0.25, 0.3) is 5.82 Å². The highest BCUT2D eigenvalue weighted by Crippen LogP contribution is 2.22. The van der Waals surface area contributed by atoms with Crippen molar-refractivity contribution >= 4 is 15.8 Å². The normalized spacial score (nSPS) is 24.1. The third-order valence-electron chi connectivity index (χ3n) is 2.28. The highest BCUT2D eigenvalue weighted by atomic mass is 32.2. The number of aromatic carboxylic acids is 1. The summed E-state index contributed by atoms with van der Waals surface area (Å²) in [5, 5.41) is 12.3. The Labute approximate surface area is 85.7 Å². The van der Waals surface area contributed by atoms with Crippen molar-refractivity contribution in [2.45, 2.75) is 12.5 Å². The van der Waals surface area contributed by atoms with E-state index in [0.29, 0.717) is 6.42 Å². The van der Waals surface area contributed by atoms with Crippen molar-refractivity contribution < 1.29 is 18.3 Å². The first-order chi connectivity index (χ1) is 6.98. The van der Waals surface area contributed by atoms with Gasteiger partial charge in [0.1, 0.15) is 6.33 Å². The molecule has 2 rings (SSSR count). The molecule has 0 amide bonds. The number of hydrogen-bond donors (Lipinski definition) is 1. The molecule has 2 heterocycles. The first-order valence-electron chi connectivity index (χ1n) is 4.33. The van der Waals surface area contributed by atoms with Crippen molar-refractivity contribution in [3.63, 3.8) is 0 Å². The Morgan fingerprint density at radius 1 is 1.60 bits per heavy atom. The standard InChI is InChI=1S/C7H9N3O4S/c11-7(12)6-8-4-10(9-6)5-1-2-15(13,14)3-5/h4-5H,1-3H2,(H,11,12). The Kier molecular flexibility index (Phi) is 2.22. The molecule has 0 spiro atoms. The number of nitrogens with zero attached hydrogens (tertiary/aromatic N) is 3. The zero-order valence-electron chi connectivity index (χ0n) is 7.70. The zero-order chi connectivity index (χ0) is 11.1. The fraction of sp³-hybridized carbons (Fsp3) is 0.571. The second-order valence-electron chi connectivity index (χ2n) is 3.41. The molecule has 0 aliphatic carbocycles. The maximum atomic E-state index is 11.2. The number of carbonyl (C=O) groups is 1. The lowest BCUT2D eigenvalue weighted by Crippen LogP contribution is -2.12. The molecule has 0 radical (unpaired) electrons. The molecule has 1 aromatic heterocycles. The Bertz CT molecular complexity index is 492. The average molecular weight is 231 g/mol. The van der Waals surface area contributed by atoms with E-state index >= 15 is 0 Å². The number of carboxylic acid groups (broad SMARTS) is 1. The fourth-order valence-electron chi connectivity index (χ4n) is 1.53. The van der Waals surface area contributed by atoms with Crippen molar-refractivity contribution in [2.75, 3.05) is 11.5 Å². The van der Waals surface area contributed by atoms with Crippen molar-refractivity contribution in [1.29, 1.82) is 0 Å². The molecule has 1 atom stereocenters. The molecule has 15 heavy (non-hydrogen) atoms. The van der Waals surface area contributed by atoms with Crippen LogP contribution in [0.25, 0.3) is 0 Å². The minimum atomic E-state index is -2.99. The monoisotopic (exact) mass is 231 g/mol. The Morgan fingerprint density at radius 3 is 2.80 bits per heavy atom. The number of rotatable bonds is 2. The van der Waals surface area contributed by atoms with Crippen LogP contribution in [0.3, 0.4) is 0 Å². The summed E-state index contributed by atoms with van der Waals surface area (Å²) in [6.07, 6.45) is 1.72. The third-order valence-corrected chi connectivity index (χ3v) is 4.03. The second kappa shape index (κ2) is 3.30. The van der Waals surface area contributed by atoms with Crippen LogP contribution in [0, 0.1) is 0 Å². The van der Waals surface area contributed by atoms with Gasteiger partial charge >= 0.3 is 5.97 Å². The molecule has 1 N–H and O–H groups in total. The lowest BCUT2D eigenvalue weighted by atomic mass is 10.3. The van der Waals surface area contributed by atoms with E-state index < -0.39 is 15.8 Å². The van der Waals surface area contributed by atoms with Gasteiger partial charge in [0.2, 0.25) is 0 Å². The van der Waals surface area contributed by atoms with Crippen molar-refractivity contribution in [1.82, 2.24) is 14.8 Å². The maximum absolute atomic E-state index is 11.2. The van der Waals surface area contributed by atoms with Gasteiger partial charge in [-0.15, -0.1) is 5.10 Å². The van der Waals surface area contributed by atoms with Crippen LogP contribution in [-0.4, -0.2) is 45.8 Å². The molecule has 0 saturated carbocycles. The maximum Gasteiger partial charge on any atom is 0.375 e. The number of aromatic nitrogens is 3. The molecule has 1 aliphatic rings. The van der Waals surface area contributed by atoms with Crippen LogP contribution in [0.15, 0.2) is 6.33 Å². The largest absolute Gasteiger partial charge is 0.475 e. The van der Waals surface area contributed by atoms with Crippen LogP contribution in [0.2, 0.25) is 0 Å². The molecule has 1 aromatic rings. The molecule has 8 heteroatoms. The topological polar surface area (TPSA) is 102 Å². The van der Waals surface area contributed by atoms with Crippen LogP contribution in [0.1, 0.15) is 23.1 Å². The van der Waals surface area contributed by atoms with Gasteiger partial charge in [0.15, 0.2) is 9.84 Å². The van der Waals surface area contributed by atoms with Crippen molar-refractivity contribution in [3.05, 3.63) is 12.2 Å². The van der Waals surface area contributed by atoms with Crippen molar-refractivity contribution in [3.8, 4) is 0 Å². The number of carboxylic acids is 1. The smallest absolute Gasteiger partial charge is 0.375 e. The fourth-order valence-corrected chi connectivity index (χ4v) is 3.24. The van der Waals surface area contributed by atoms with E-state index in [-0.39, 0.29) is 23.4 Å². The molecule has 1 aliphatic heterocycles. The zero-order valence-corrected chi connectivity index (χ0v) is 8.51. The number of hydrogen-bond acceptors (Lipinski definition) is 5. The predicted molar refractivity (Wildman–Crippen MR) is 49.3 cm³/mol. The molecule has 7 nitrogen and oxygen atoms in total. The van der Waals surface area contributed by atoms with Crippen LogP contribution < -0.4 is 0 Å². The van der Waals surface area contributed by atoms with E-state index in [2.05, 4.69) is 10.1 Å². The van der Waals surface area contributed by atoms with Gasteiger partial charge in [0.05, 0.1) is 17.5 Å². The summed E-state index contributed by atoms with van der Waals surface area (Å²) < 4.78 is 23.7. The first kappa shape index (κ1) is 10.1. The average Bonchev–Trinajstić information content (AvgIpc) is 2.70. The SMILES string of the molecule is O=C(O)c1ncn(C2CCS(=O)(=O)C2)n1. The van der Waals surface area contributed by atoms with E-state index in [0.717, 1.165) is 0 Å². The summed E-state index contributed by atoms with van der Waals surface area (Å²) in [6, 6.07) is -0.282. The molecular formula is C7H9N3O4S. The van der Waals surface area contributed by atoms with Gasteiger partial charge in [-0.2, -0.15) is 0 Å². The third kappa shape index (κ3) is 1.99. The van der Waals surface area contributed by atoms with Gasteiger partial charge in [0, 0.05) is 0 Å². The molecule has 1 fully saturated rings. The van der Waals surface area contributed by atoms with E-state index in [4.69, 9.17) is 5.11 Å². The Balaban J connectivity index is 2.21. The van der Waals surface area contributed by atoms with Crippen molar-refractivity contribution in [2.24, 2.45) is 0 Å². The quantitative estimate of drug-likeness (QED) is 0.724. The highest BCUT2D eigenvalue weighted by molar-refractivity contribution is 7.91. The van der Waals surface area contributed by atoms with E-state index in [9.17, 15) is 13.2 Å². The van der Waals surface area contributed by atoms with Gasteiger partial charge in [-0.25, -0.2) is 22.9 Å². The molecule has 1 unspecified atom stereocenters. The van der Waals surface area contributed by atoms with E-state index in [1.54, 1.807) is 0 Å². The van der Waals surface area contributed by atoms with Gasteiger partial charge in [-0.05, 0) is 6.42 Å².